The number of hydrogen-bond acceptors (Lipinski definition) is 5. The van der Waals surface area contributed by atoms with E-state index in [-0.39, 0.29) is 37.2 Å². The molecule has 0 saturated carbocycles. The van der Waals surface area contributed by atoms with Gasteiger partial charge in [0.05, 0.1) is 11.4 Å². The summed E-state index contributed by atoms with van der Waals surface area (Å²) < 4.78 is 39.6. The molecule has 0 atom stereocenters. The minimum absolute atomic E-state index is 0.0901. The molecule has 1 amide bonds. The smallest absolute Gasteiger partial charge is 0.244 e. The van der Waals surface area contributed by atoms with Crippen LogP contribution in [0.1, 0.15) is 33.4 Å². The van der Waals surface area contributed by atoms with Gasteiger partial charge in [-0.05, 0) is 62.1 Å². The first-order chi connectivity index (χ1) is 16.6. The van der Waals surface area contributed by atoms with E-state index < -0.39 is 10.0 Å². The summed E-state index contributed by atoms with van der Waals surface area (Å²) in [6, 6.07) is 16.8. The molecule has 3 aromatic carbocycles. The Bertz CT molecular complexity index is 1330. The molecule has 3 aromatic rings. The van der Waals surface area contributed by atoms with Gasteiger partial charge >= 0.3 is 0 Å². The van der Waals surface area contributed by atoms with Gasteiger partial charge in [0.1, 0.15) is 0 Å². The Hall–Kier alpha value is -3.36. The van der Waals surface area contributed by atoms with Gasteiger partial charge in [0.2, 0.25) is 22.7 Å². The summed E-state index contributed by atoms with van der Waals surface area (Å²) in [6.45, 7) is 7.70. The fraction of sp³-hybridized carbons (Fsp3) is 0.296. The molecule has 7 nitrogen and oxygen atoms in total. The predicted molar refractivity (Wildman–Crippen MR) is 134 cm³/mol. The monoisotopic (exact) mass is 494 g/mol. The third kappa shape index (κ3) is 5.66. The lowest BCUT2D eigenvalue weighted by Gasteiger charge is -2.24. The average Bonchev–Trinajstić information content (AvgIpc) is 3.25. The van der Waals surface area contributed by atoms with Gasteiger partial charge in [-0.25, -0.2) is 8.42 Å². The summed E-state index contributed by atoms with van der Waals surface area (Å²) in [7, 11) is -3.94. The molecular formula is C27H30N2O5S. The van der Waals surface area contributed by atoms with Crippen LogP contribution in [0.25, 0.3) is 0 Å². The van der Waals surface area contributed by atoms with Gasteiger partial charge in [-0.1, -0.05) is 53.6 Å². The van der Waals surface area contributed by atoms with Crippen LogP contribution >= 0.6 is 0 Å². The van der Waals surface area contributed by atoms with E-state index in [4.69, 9.17) is 9.47 Å². The molecule has 0 saturated heterocycles. The summed E-state index contributed by atoms with van der Waals surface area (Å²) in [5, 5.41) is 2.84. The largest absolute Gasteiger partial charge is 0.454 e. The van der Waals surface area contributed by atoms with Gasteiger partial charge in [0, 0.05) is 13.1 Å². The number of carbonyl (C=O) groups excluding carboxylic acids is 1. The molecule has 0 aromatic heterocycles. The molecule has 0 fully saturated rings. The van der Waals surface area contributed by atoms with Crippen molar-refractivity contribution in [2.75, 3.05) is 13.3 Å². The van der Waals surface area contributed by atoms with Crippen LogP contribution in [-0.4, -0.2) is 32.0 Å². The first-order valence-corrected chi connectivity index (χ1v) is 12.9. The number of benzene rings is 3. The number of carbonyl (C=O) groups is 1. The summed E-state index contributed by atoms with van der Waals surface area (Å²) in [6.07, 6.45) is 0. The van der Waals surface area contributed by atoms with Crippen molar-refractivity contribution in [3.8, 4) is 11.5 Å². The summed E-state index contributed by atoms with van der Waals surface area (Å²) in [5.41, 5.74) is 5.04. The van der Waals surface area contributed by atoms with Crippen LogP contribution in [-0.2, 0) is 27.9 Å². The highest BCUT2D eigenvalue weighted by Gasteiger charge is 2.30. The molecule has 0 radical (unpaired) electrons. The Labute approximate surface area is 206 Å². The van der Waals surface area contributed by atoms with Crippen molar-refractivity contribution in [3.63, 3.8) is 0 Å². The molecular weight excluding hydrogens is 464 g/mol. The molecule has 0 aliphatic carbocycles. The van der Waals surface area contributed by atoms with Crippen LogP contribution in [0.15, 0.2) is 59.5 Å². The van der Waals surface area contributed by atoms with E-state index in [0.717, 1.165) is 22.3 Å². The maximum absolute atomic E-state index is 13.8. The summed E-state index contributed by atoms with van der Waals surface area (Å²) in [5.74, 6) is 0.908. The molecule has 4 rings (SSSR count). The number of fused-ring (bicyclic) bond motifs is 1. The van der Waals surface area contributed by atoms with Crippen molar-refractivity contribution in [3.05, 3.63) is 88.0 Å². The lowest BCUT2D eigenvalue weighted by atomic mass is 10.1. The van der Waals surface area contributed by atoms with E-state index in [9.17, 15) is 13.2 Å². The van der Waals surface area contributed by atoms with Crippen LogP contribution < -0.4 is 14.8 Å². The Morgan fingerprint density at radius 2 is 1.49 bits per heavy atom. The second-order valence-electron chi connectivity index (χ2n) is 8.95. The van der Waals surface area contributed by atoms with Crippen LogP contribution in [0.3, 0.4) is 0 Å². The van der Waals surface area contributed by atoms with E-state index in [1.807, 2.05) is 62.4 Å². The molecule has 184 valence electrons. The minimum atomic E-state index is -3.94. The standard InChI is InChI=1S/C27H30N2O5S/c1-18-5-7-22(8-6-18)15-29(35(31,32)27-20(3)11-19(2)12-21(27)4)16-26(30)28-14-23-9-10-24-25(13-23)34-17-33-24/h5-13H,14-17H2,1-4H3,(H,28,30). The fourth-order valence-corrected chi connectivity index (χ4v) is 6.09. The molecule has 1 aliphatic heterocycles. The van der Waals surface area contributed by atoms with Crippen LogP contribution in [0, 0.1) is 27.7 Å². The van der Waals surface area contributed by atoms with Crippen molar-refractivity contribution in [2.45, 2.75) is 45.7 Å². The molecule has 1 N–H and O–H groups in total. The third-order valence-corrected chi connectivity index (χ3v) is 8.03. The molecule has 1 aliphatic rings. The van der Waals surface area contributed by atoms with Gasteiger partial charge in [0.15, 0.2) is 11.5 Å². The van der Waals surface area contributed by atoms with Crippen LogP contribution in [0.2, 0.25) is 0 Å². The van der Waals surface area contributed by atoms with Crippen molar-refractivity contribution >= 4 is 15.9 Å². The maximum Gasteiger partial charge on any atom is 0.244 e. The van der Waals surface area contributed by atoms with Crippen molar-refractivity contribution < 1.29 is 22.7 Å². The lowest BCUT2D eigenvalue weighted by Crippen LogP contribution is -2.40. The Morgan fingerprint density at radius 1 is 0.857 bits per heavy atom. The van der Waals surface area contributed by atoms with Crippen LogP contribution in [0.4, 0.5) is 0 Å². The SMILES string of the molecule is Cc1ccc(CN(CC(=O)NCc2ccc3c(c2)OCO3)S(=O)(=O)c2c(C)cc(C)cc2C)cc1. The van der Waals surface area contributed by atoms with E-state index in [1.165, 1.54) is 4.31 Å². The molecule has 1 heterocycles. The number of ether oxygens (including phenoxy) is 2. The zero-order valence-corrected chi connectivity index (χ0v) is 21.2. The summed E-state index contributed by atoms with van der Waals surface area (Å²) in [4.78, 5) is 13.2. The lowest BCUT2D eigenvalue weighted by molar-refractivity contribution is -0.121. The van der Waals surface area contributed by atoms with Crippen molar-refractivity contribution in [1.82, 2.24) is 9.62 Å². The zero-order valence-electron chi connectivity index (χ0n) is 20.4. The predicted octanol–water partition coefficient (Wildman–Crippen LogP) is 4.16. The molecule has 8 heteroatoms. The second kappa shape index (κ2) is 10.1. The van der Waals surface area contributed by atoms with E-state index in [0.29, 0.717) is 22.6 Å². The van der Waals surface area contributed by atoms with Crippen LogP contribution in [0.5, 0.6) is 11.5 Å². The van der Waals surface area contributed by atoms with Gasteiger partial charge < -0.3 is 14.8 Å². The quantitative estimate of drug-likeness (QED) is 0.508. The number of hydrogen-bond donors (Lipinski definition) is 1. The fourth-order valence-electron chi connectivity index (χ4n) is 4.29. The highest BCUT2D eigenvalue weighted by molar-refractivity contribution is 7.89. The molecule has 0 unspecified atom stereocenters. The first kappa shape index (κ1) is 24.8. The van der Waals surface area contributed by atoms with Gasteiger partial charge in [-0.15, -0.1) is 0 Å². The highest BCUT2D eigenvalue weighted by atomic mass is 32.2. The van der Waals surface area contributed by atoms with Crippen molar-refractivity contribution in [1.29, 1.82) is 0 Å². The van der Waals surface area contributed by atoms with E-state index in [1.54, 1.807) is 19.9 Å². The van der Waals surface area contributed by atoms with Crippen molar-refractivity contribution in [2.24, 2.45) is 0 Å². The van der Waals surface area contributed by atoms with E-state index in [2.05, 4.69) is 5.32 Å². The van der Waals surface area contributed by atoms with Gasteiger partial charge in [0.25, 0.3) is 0 Å². The molecule has 35 heavy (non-hydrogen) atoms. The maximum atomic E-state index is 13.8. The first-order valence-electron chi connectivity index (χ1n) is 11.4. The highest BCUT2D eigenvalue weighted by Crippen LogP contribution is 2.32. The Kier molecular flexibility index (Phi) is 7.14. The number of amides is 1. The number of rotatable bonds is 8. The number of nitrogens with zero attached hydrogens (tertiary/aromatic N) is 1. The average molecular weight is 495 g/mol. The van der Waals surface area contributed by atoms with Gasteiger partial charge in [-0.2, -0.15) is 4.31 Å². The zero-order chi connectivity index (χ0) is 25.2. The minimum Gasteiger partial charge on any atom is -0.454 e. The Balaban J connectivity index is 1.56. The Morgan fingerprint density at radius 3 is 2.17 bits per heavy atom. The van der Waals surface area contributed by atoms with Gasteiger partial charge in [-0.3, -0.25) is 4.79 Å². The third-order valence-electron chi connectivity index (χ3n) is 5.93. The number of nitrogens with one attached hydrogen (secondary N) is 1. The number of sulfonamides is 1. The molecule has 0 spiro atoms. The normalized spacial score (nSPS) is 12.7. The summed E-state index contributed by atoms with van der Waals surface area (Å²) >= 11 is 0. The molecule has 0 bridgehead atoms. The number of aryl methyl sites for hydroxylation is 4. The van der Waals surface area contributed by atoms with E-state index >= 15 is 0 Å². The topological polar surface area (TPSA) is 84.9 Å². The second-order valence-corrected chi connectivity index (χ2v) is 10.8.